The van der Waals surface area contributed by atoms with Crippen LogP contribution in [0.2, 0.25) is 0 Å². The minimum absolute atomic E-state index is 0.794. The van der Waals surface area contributed by atoms with Crippen molar-refractivity contribution in [3.8, 4) is 0 Å². The van der Waals surface area contributed by atoms with Crippen LogP contribution in [0.15, 0.2) is 11.6 Å². The van der Waals surface area contributed by atoms with E-state index < -0.39 is 0 Å². The van der Waals surface area contributed by atoms with Gasteiger partial charge in [0.2, 0.25) is 0 Å². The van der Waals surface area contributed by atoms with Gasteiger partial charge in [0.15, 0.2) is 5.13 Å². The molecule has 1 aromatic rings. The molecule has 0 spiro atoms. The van der Waals surface area contributed by atoms with Gasteiger partial charge in [-0.05, 0) is 31.8 Å². The molecule has 15 heavy (non-hydrogen) atoms. The third kappa shape index (κ3) is 2.92. The molecule has 1 unspecified atom stereocenters. The van der Waals surface area contributed by atoms with Crippen LogP contribution in [0, 0.1) is 5.92 Å². The molecule has 1 atom stereocenters. The van der Waals surface area contributed by atoms with Gasteiger partial charge in [-0.15, -0.1) is 11.3 Å². The lowest BCUT2D eigenvalue weighted by Gasteiger charge is -2.32. The fraction of sp³-hybridized carbons (Fsp3) is 0.727. The number of nitrogens with zero attached hydrogens (tertiary/aromatic N) is 2. The van der Waals surface area contributed by atoms with Crippen molar-refractivity contribution in [3.63, 3.8) is 0 Å². The molecular weight excluding hydrogens is 206 g/mol. The summed E-state index contributed by atoms with van der Waals surface area (Å²) in [5.74, 6) is 0.794. The Hall–Kier alpha value is -0.610. The average molecular weight is 225 g/mol. The first-order valence-corrected chi connectivity index (χ1v) is 6.63. The van der Waals surface area contributed by atoms with Crippen molar-refractivity contribution < 1.29 is 0 Å². The van der Waals surface area contributed by atoms with Crippen LogP contribution in [0.1, 0.15) is 19.8 Å². The Morgan fingerprint density at radius 1 is 1.67 bits per heavy atom. The standard InChI is InChI=1S/C11H19N3S/c1-2-12-8-10-4-3-6-14(9-10)11-13-5-7-15-11/h5,7,10,12H,2-4,6,8-9H2,1H3. The highest BCUT2D eigenvalue weighted by atomic mass is 32.1. The van der Waals surface area contributed by atoms with Crippen molar-refractivity contribution in [2.24, 2.45) is 5.92 Å². The zero-order chi connectivity index (χ0) is 10.5. The summed E-state index contributed by atoms with van der Waals surface area (Å²) in [6, 6.07) is 0. The normalized spacial score (nSPS) is 21.9. The topological polar surface area (TPSA) is 28.2 Å². The highest BCUT2D eigenvalue weighted by Crippen LogP contribution is 2.24. The van der Waals surface area contributed by atoms with Gasteiger partial charge in [-0.3, -0.25) is 0 Å². The van der Waals surface area contributed by atoms with E-state index in [4.69, 9.17) is 0 Å². The number of piperidine rings is 1. The molecule has 1 aromatic heterocycles. The van der Waals surface area contributed by atoms with E-state index in [9.17, 15) is 0 Å². The minimum Gasteiger partial charge on any atom is -0.348 e. The molecule has 0 aromatic carbocycles. The number of anilines is 1. The van der Waals surface area contributed by atoms with E-state index in [2.05, 4.69) is 27.5 Å². The van der Waals surface area contributed by atoms with Crippen molar-refractivity contribution in [2.75, 3.05) is 31.1 Å². The van der Waals surface area contributed by atoms with Gasteiger partial charge in [0.1, 0.15) is 0 Å². The third-order valence-corrected chi connectivity index (χ3v) is 3.72. The molecule has 1 N–H and O–H groups in total. The SMILES string of the molecule is CCNCC1CCCN(c2nccs2)C1. The molecule has 1 aliphatic heterocycles. The monoisotopic (exact) mass is 225 g/mol. The van der Waals surface area contributed by atoms with Crippen LogP contribution in [-0.4, -0.2) is 31.2 Å². The summed E-state index contributed by atoms with van der Waals surface area (Å²) in [7, 11) is 0. The van der Waals surface area contributed by atoms with Crippen LogP contribution in [0.5, 0.6) is 0 Å². The van der Waals surface area contributed by atoms with E-state index in [1.165, 1.54) is 31.1 Å². The first kappa shape index (κ1) is 10.9. The number of aromatic nitrogens is 1. The number of hydrogen-bond donors (Lipinski definition) is 1. The Kier molecular flexibility index (Phi) is 3.97. The largest absolute Gasteiger partial charge is 0.348 e. The Labute approximate surface area is 95.5 Å². The zero-order valence-corrected chi connectivity index (χ0v) is 10.1. The maximum atomic E-state index is 4.38. The second kappa shape index (κ2) is 5.47. The van der Waals surface area contributed by atoms with Crippen LogP contribution in [0.3, 0.4) is 0 Å². The average Bonchev–Trinajstić information content (AvgIpc) is 2.80. The fourth-order valence-electron chi connectivity index (χ4n) is 2.13. The van der Waals surface area contributed by atoms with E-state index >= 15 is 0 Å². The molecule has 1 fully saturated rings. The van der Waals surface area contributed by atoms with Gasteiger partial charge >= 0.3 is 0 Å². The van der Waals surface area contributed by atoms with Gasteiger partial charge in [0, 0.05) is 24.7 Å². The Morgan fingerprint density at radius 3 is 3.33 bits per heavy atom. The third-order valence-electron chi connectivity index (χ3n) is 2.89. The highest BCUT2D eigenvalue weighted by molar-refractivity contribution is 7.13. The summed E-state index contributed by atoms with van der Waals surface area (Å²) in [6.45, 7) is 6.74. The molecule has 0 aliphatic carbocycles. The molecule has 84 valence electrons. The lowest BCUT2D eigenvalue weighted by Crippen LogP contribution is -2.39. The highest BCUT2D eigenvalue weighted by Gasteiger charge is 2.20. The second-order valence-electron chi connectivity index (χ2n) is 4.08. The quantitative estimate of drug-likeness (QED) is 0.849. The number of nitrogens with one attached hydrogen (secondary N) is 1. The smallest absolute Gasteiger partial charge is 0.185 e. The first-order valence-electron chi connectivity index (χ1n) is 5.75. The molecule has 1 aliphatic rings. The maximum Gasteiger partial charge on any atom is 0.185 e. The van der Waals surface area contributed by atoms with Gasteiger partial charge in [-0.25, -0.2) is 4.98 Å². The van der Waals surface area contributed by atoms with E-state index in [-0.39, 0.29) is 0 Å². The van der Waals surface area contributed by atoms with Crippen LogP contribution >= 0.6 is 11.3 Å². The summed E-state index contributed by atoms with van der Waals surface area (Å²) in [4.78, 5) is 6.81. The maximum absolute atomic E-state index is 4.38. The Balaban J connectivity index is 1.87. The fourth-order valence-corrected chi connectivity index (χ4v) is 2.81. The van der Waals surface area contributed by atoms with Crippen LogP contribution in [0.4, 0.5) is 5.13 Å². The van der Waals surface area contributed by atoms with E-state index in [1.54, 1.807) is 11.3 Å². The van der Waals surface area contributed by atoms with Crippen molar-refractivity contribution in [2.45, 2.75) is 19.8 Å². The molecule has 0 radical (unpaired) electrons. The second-order valence-corrected chi connectivity index (χ2v) is 4.95. The summed E-state index contributed by atoms with van der Waals surface area (Å²) < 4.78 is 0. The van der Waals surface area contributed by atoms with Crippen LogP contribution < -0.4 is 10.2 Å². The van der Waals surface area contributed by atoms with E-state index in [0.717, 1.165) is 19.0 Å². The van der Waals surface area contributed by atoms with Gasteiger partial charge < -0.3 is 10.2 Å². The van der Waals surface area contributed by atoms with Gasteiger partial charge in [-0.1, -0.05) is 6.92 Å². The summed E-state index contributed by atoms with van der Waals surface area (Å²) >= 11 is 1.75. The Morgan fingerprint density at radius 2 is 2.60 bits per heavy atom. The zero-order valence-electron chi connectivity index (χ0n) is 9.28. The molecule has 3 nitrogen and oxygen atoms in total. The molecule has 2 heterocycles. The number of rotatable bonds is 4. The van der Waals surface area contributed by atoms with E-state index in [0.29, 0.717) is 0 Å². The van der Waals surface area contributed by atoms with E-state index in [1.807, 2.05) is 6.20 Å². The number of hydrogen-bond acceptors (Lipinski definition) is 4. The molecule has 2 rings (SSSR count). The lowest BCUT2D eigenvalue weighted by molar-refractivity contribution is 0.395. The molecule has 1 saturated heterocycles. The molecule has 0 bridgehead atoms. The first-order chi connectivity index (χ1) is 7.40. The van der Waals surface area contributed by atoms with Gasteiger partial charge in [0.25, 0.3) is 0 Å². The summed E-state index contributed by atoms with van der Waals surface area (Å²) in [6.07, 6.45) is 4.55. The van der Waals surface area contributed by atoms with Crippen LogP contribution in [0.25, 0.3) is 0 Å². The summed E-state index contributed by atoms with van der Waals surface area (Å²) in [5.41, 5.74) is 0. The molecule has 4 heteroatoms. The van der Waals surface area contributed by atoms with Gasteiger partial charge in [-0.2, -0.15) is 0 Å². The predicted molar refractivity (Wildman–Crippen MR) is 65.6 cm³/mol. The minimum atomic E-state index is 0.794. The number of thiazole rings is 1. The molecule has 0 saturated carbocycles. The van der Waals surface area contributed by atoms with Crippen LogP contribution in [-0.2, 0) is 0 Å². The van der Waals surface area contributed by atoms with Crippen molar-refractivity contribution in [1.82, 2.24) is 10.3 Å². The van der Waals surface area contributed by atoms with Crippen molar-refractivity contribution in [3.05, 3.63) is 11.6 Å². The summed E-state index contributed by atoms with van der Waals surface area (Å²) in [5, 5.41) is 6.69. The molecular formula is C11H19N3S. The van der Waals surface area contributed by atoms with Crippen molar-refractivity contribution >= 4 is 16.5 Å². The predicted octanol–water partition coefficient (Wildman–Crippen LogP) is 1.97. The Bertz CT molecular complexity index is 273. The van der Waals surface area contributed by atoms with Crippen molar-refractivity contribution in [1.29, 1.82) is 0 Å². The van der Waals surface area contributed by atoms with Gasteiger partial charge in [0.05, 0.1) is 0 Å². The molecule has 0 amide bonds. The lowest BCUT2D eigenvalue weighted by atomic mass is 9.98.